The maximum absolute atomic E-state index is 14.6. The normalized spacial score (nSPS) is 28.2. The summed E-state index contributed by atoms with van der Waals surface area (Å²) in [4.78, 5) is 73.9. The number of hydrogen-bond donors (Lipinski definition) is 3. The van der Waals surface area contributed by atoms with E-state index in [9.17, 15) is 34.2 Å². The number of carbonyl (C=O) groups is 5. The Balaban J connectivity index is 1.92. The van der Waals surface area contributed by atoms with Gasteiger partial charge >= 0.3 is 0 Å². The van der Waals surface area contributed by atoms with E-state index in [-0.39, 0.29) is 36.5 Å². The van der Waals surface area contributed by atoms with Crippen LogP contribution < -0.4 is 15.4 Å². The molecule has 12 nitrogen and oxygen atoms in total. The fourth-order valence-corrected chi connectivity index (χ4v) is 8.31. The number of ether oxygens (including phenoxy) is 1. The molecule has 1 aromatic rings. The van der Waals surface area contributed by atoms with E-state index in [4.69, 9.17) is 10.5 Å². The molecule has 2 fully saturated rings. The van der Waals surface area contributed by atoms with Crippen LogP contribution >= 0.6 is 0 Å². The van der Waals surface area contributed by atoms with Crippen LogP contribution in [0.5, 0.6) is 5.75 Å². The molecule has 0 aromatic heterocycles. The van der Waals surface area contributed by atoms with Crippen LogP contribution in [0.2, 0.25) is 0 Å². The highest BCUT2D eigenvalue weighted by Gasteiger charge is 2.69. The third kappa shape index (κ3) is 6.02. The number of hydrogen-bond acceptors (Lipinski definition) is 11. The summed E-state index contributed by atoms with van der Waals surface area (Å²) in [5.74, 6) is -9.58. The highest BCUT2D eigenvalue weighted by Crippen LogP contribution is 2.52. The van der Waals surface area contributed by atoms with Gasteiger partial charge in [0.15, 0.2) is 34.7 Å². The Kier molecular flexibility index (Phi) is 10.4. The van der Waals surface area contributed by atoms with E-state index in [2.05, 4.69) is 25.7 Å². The number of aliphatic hydroxyl groups excluding tert-OH is 1. The van der Waals surface area contributed by atoms with E-state index in [0.717, 1.165) is 11.3 Å². The Morgan fingerprint density at radius 1 is 1.11 bits per heavy atom. The number of nitrogens with two attached hydrogens (primary N) is 1. The number of benzene rings is 1. The van der Waals surface area contributed by atoms with E-state index in [1.807, 2.05) is 38.9 Å². The highest BCUT2D eigenvalue weighted by atomic mass is 16.5. The first-order chi connectivity index (χ1) is 21.9. The van der Waals surface area contributed by atoms with Gasteiger partial charge in [0, 0.05) is 38.3 Å². The molecule has 0 spiro atoms. The smallest absolute Gasteiger partial charge is 0.235 e. The number of primary amides is 1. The molecule has 1 amide bonds. The number of fused-ring (bicyclic) bond motifs is 3. The van der Waals surface area contributed by atoms with E-state index in [1.165, 1.54) is 4.90 Å². The van der Waals surface area contributed by atoms with Crippen LogP contribution in [0.15, 0.2) is 6.07 Å². The van der Waals surface area contributed by atoms with Gasteiger partial charge in [0.05, 0.1) is 30.7 Å². The molecule has 12 heteroatoms. The maximum Gasteiger partial charge on any atom is 0.235 e. The number of nitrogens with zero attached hydrogens (tertiary/aromatic N) is 3. The van der Waals surface area contributed by atoms with Gasteiger partial charge in [-0.25, -0.2) is 0 Å². The van der Waals surface area contributed by atoms with Crippen LogP contribution in [0, 0.1) is 29.1 Å². The Bertz CT molecular complexity index is 1450. The minimum atomic E-state index is -2.72. The van der Waals surface area contributed by atoms with Crippen LogP contribution in [-0.2, 0) is 32.1 Å². The molecule has 2 saturated carbocycles. The first-order valence-corrected chi connectivity index (χ1v) is 16.6. The summed E-state index contributed by atoms with van der Waals surface area (Å²) in [6, 6.07) is 0.555. The molecule has 4 N–H and O–H groups in total. The molecule has 260 valence electrons. The lowest BCUT2D eigenvalue weighted by atomic mass is 9.52. The summed E-state index contributed by atoms with van der Waals surface area (Å²) >= 11 is 0. The fraction of sp³-hybridized carbons (Fsp3) is 0.686. The summed E-state index contributed by atoms with van der Waals surface area (Å²) in [6.07, 6.45) is 0.967. The van der Waals surface area contributed by atoms with Gasteiger partial charge in [-0.2, -0.15) is 0 Å². The monoisotopic (exact) mass is 656 g/mol. The van der Waals surface area contributed by atoms with Crippen molar-refractivity contribution in [3.8, 4) is 5.75 Å². The number of ketones is 4. The summed E-state index contributed by atoms with van der Waals surface area (Å²) < 4.78 is 6.19. The van der Waals surface area contributed by atoms with Gasteiger partial charge in [0.2, 0.25) is 5.91 Å². The fourth-order valence-electron chi connectivity index (χ4n) is 8.31. The number of amides is 1. The Morgan fingerprint density at radius 3 is 2.23 bits per heavy atom. The second kappa shape index (κ2) is 13.4. The van der Waals surface area contributed by atoms with Crippen molar-refractivity contribution in [2.75, 3.05) is 52.8 Å². The van der Waals surface area contributed by atoms with Gasteiger partial charge in [0.25, 0.3) is 0 Å². The second-order valence-corrected chi connectivity index (χ2v) is 14.9. The molecule has 3 aliphatic rings. The van der Waals surface area contributed by atoms with Crippen molar-refractivity contribution in [1.82, 2.24) is 9.80 Å². The molecule has 0 saturated heterocycles. The maximum atomic E-state index is 14.6. The zero-order valence-electron chi connectivity index (χ0n) is 29.3. The molecule has 0 aliphatic heterocycles. The number of rotatable bonds is 11. The lowest BCUT2D eigenvalue weighted by molar-refractivity contribution is -0.181. The summed E-state index contributed by atoms with van der Waals surface area (Å²) in [5, 5.41) is 22.3. The molecule has 4 rings (SSSR count). The van der Waals surface area contributed by atoms with Crippen LogP contribution in [0.4, 0.5) is 5.69 Å². The predicted molar refractivity (Wildman–Crippen MR) is 176 cm³/mol. The van der Waals surface area contributed by atoms with E-state index < -0.39 is 64.4 Å². The highest BCUT2D eigenvalue weighted by molar-refractivity contribution is 6.32. The lowest BCUT2D eigenvalue weighted by Gasteiger charge is -2.52. The van der Waals surface area contributed by atoms with Gasteiger partial charge < -0.3 is 25.6 Å². The average molecular weight is 657 g/mol. The lowest BCUT2D eigenvalue weighted by Crippen LogP contribution is -2.74. The van der Waals surface area contributed by atoms with Crippen LogP contribution in [0.1, 0.15) is 68.9 Å². The van der Waals surface area contributed by atoms with Crippen LogP contribution in [0.3, 0.4) is 0 Å². The summed E-state index contributed by atoms with van der Waals surface area (Å²) in [7, 11) is 6.95. The average Bonchev–Trinajstić information content (AvgIpc) is 2.96. The van der Waals surface area contributed by atoms with E-state index in [0.29, 0.717) is 37.4 Å². The summed E-state index contributed by atoms with van der Waals surface area (Å²) in [6.45, 7) is 11.6. The van der Waals surface area contributed by atoms with Crippen molar-refractivity contribution in [2.45, 2.75) is 78.1 Å². The molecule has 7 atom stereocenters. The third-order valence-electron chi connectivity index (χ3n) is 10.4. The summed E-state index contributed by atoms with van der Waals surface area (Å²) in [5.41, 5.74) is 5.17. The van der Waals surface area contributed by atoms with Crippen molar-refractivity contribution in [3.05, 3.63) is 22.8 Å². The Morgan fingerprint density at radius 2 is 1.74 bits per heavy atom. The number of carbonyl (C=O) groups excluding carboxylic acids is 5. The van der Waals surface area contributed by atoms with E-state index in [1.54, 1.807) is 14.1 Å². The van der Waals surface area contributed by atoms with Crippen molar-refractivity contribution in [3.63, 3.8) is 0 Å². The number of likely N-dealkylation sites (N-methyl/N-ethyl adjacent to an activating group) is 2. The van der Waals surface area contributed by atoms with E-state index >= 15 is 0 Å². The van der Waals surface area contributed by atoms with Crippen molar-refractivity contribution in [1.29, 1.82) is 0 Å². The van der Waals surface area contributed by atoms with Gasteiger partial charge in [-0.05, 0) is 68.4 Å². The van der Waals surface area contributed by atoms with Crippen LogP contribution in [0.25, 0.3) is 0 Å². The third-order valence-corrected chi connectivity index (χ3v) is 10.4. The molecule has 47 heavy (non-hydrogen) atoms. The second-order valence-electron chi connectivity index (χ2n) is 14.9. The molecular weight excluding hydrogens is 604 g/mol. The Hall–Kier alpha value is -3.19. The first-order valence-electron chi connectivity index (χ1n) is 16.6. The molecule has 1 aromatic carbocycles. The minimum absolute atomic E-state index is 0.0316. The quantitative estimate of drug-likeness (QED) is 0.293. The molecule has 0 heterocycles. The molecule has 0 bridgehead atoms. The SMILES string of the molecule is CCCOc1cc(CN(CC)C(CO)C(C)(C)C)c(N(C)C)c2c1C(=O)C1C(=O)C3(O)C(=O)C(C(N)=O)C(=O)C(N(C)C)C3CC1C2. The van der Waals surface area contributed by atoms with Gasteiger partial charge in [-0.1, -0.05) is 34.6 Å². The molecular formula is C35H52N4O8. The largest absolute Gasteiger partial charge is 0.493 e. The van der Waals surface area contributed by atoms with Crippen molar-refractivity contribution >= 4 is 34.7 Å². The zero-order chi connectivity index (χ0) is 35.3. The first kappa shape index (κ1) is 36.6. The molecule has 7 unspecified atom stereocenters. The predicted octanol–water partition coefficient (Wildman–Crippen LogP) is 1.25. The Labute approximate surface area is 277 Å². The van der Waals surface area contributed by atoms with Crippen LogP contribution in [-0.4, -0.2) is 115 Å². The van der Waals surface area contributed by atoms with Gasteiger partial charge in [0.1, 0.15) is 5.75 Å². The molecule has 0 radical (unpaired) electrons. The number of anilines is 1. The topological polar surface area (TPSA) is 171 Å². The van der Waals surface area contributed by atoms with Crippen molar-refractivity contribution < 1.29 is 38.9 Å². The molecule has 3 aliphatic carbocycles. The zero-order valence-corrected chi connectivity index (χ0v) is 29.3. The number of aliphatic hydroxyl groups is 2. The number of Topliss-reactive ketones (excluding diaryl/α,β-unsaturated/α-hetero) is 4. The van der Waals surface area contributed by atoms with Gasteiger partial charge in [-0.15, -0.1) is 0 Å². The van der Waals surface area contributed by atoms with Gasteiger partial charge in [-0.3, -0.25) is 33.8 Å². The van der Waals surface area contributed by atoms with Crippen molar-refractivity contribution in [2.24, 2.45) is 34.8 Å². The standard InChI is InChI=1S/C35H52N4O8/c1-10-12-47-22-15-19(16-39(11-2)23(17-40)34(3,4)5)27(37(6)7)20-13-18-14-21-28(38(8)9)30(42)26(33(36)45)32(44)35(21,46)31(43)24(18)29(41)25(20)22/h15,18,21,23-24,26,28,40,46H,10-14,16-17H2,1-9H3,(H2,36,45). The minimum Gasteiger partial charge on any atom is -0.493 e.